The van der Waals surface area contributed by atoms with Gasteiger partial charge in [0.1, 0.15) is 11.3 Å². The van der Waals surface area contributed by atoms with Gasteiger partial charge in [0, 0.05) is 13.1 Å². The molecule has 1 aromatic rings. The minimum atomic E-state index is -3.78. The molecule has 0 atom stereocenters. The van der Waals surface area contributed by atoms with Crippen LogP contribution >= 0.6 is 0 Å². The van der Waals surface area contributed by atoms with Crippen LogP contribution in [0.2, 0.25) is 0 Å². The molecule has 0 unspecified atom stereocenters. The molecule has 116 valence electrons. The number of hydrazine groups is 1. The van der Waals surface area contributed by atoms with Crippen LogP contribution in [0, 0.1) is 0 Å². The highest BCUT2D eigenvalue weighted by molar-refractivity contribution is 7.89. The maximum absolute atomic E-state index is 12.3. The van der Waals surface area contributed by atoms with Crippen molar-refractivity contribution < 1.29 is 23.1 Å². The zero-order chi connectivity index (χ0) is 15.5. The van der Waals surface area contributed by atoms with Gasteiger partial charge in [-0.3, -0.25) is 0 Å². The van der Waals surface area contributed by atoms with Gasteiger partial charge in [-0.05, 0) is 31.0 Å². The summed E-state index contributed by atoms with van der Waals surface area (Å²) in [5, 5.41) is 10.7. The lowest BCUT2D eigenvalue weighted by molar-refractivity contribution is 0.0693. The lowest BCUT2D eigenvalue weighted by Crippen LogP contribution is -2.44. The van der Waals surface area contributed by atoms with Crippen molar-refractivity contribution in [1.29, 1.82) is 0 Å². The van der Waals surface area contributed by atoms with E-state index in [1.54, 1.807) is 5.01 Å². The van der Waals surface area contributed by atoms with Crippen molar-refractivity contribution in [3.63, 3.8) is 0 Å². The molecule has 0 bridgehead atoms. The van der Waals surface area contributed by atoms with Gasteiger partial charge in [-0.2, -0.15) is 0 Å². The number of benzene rings is 1. The Bertz CT molecular complexity index is 623. The lowest BCUT2D eigenvalue weighted by atomic mass is 10.2. The van der Waals surface area contributed by atoms with Gasteiger partial charge < -0.3 is 9.84 Å². The number of hydrogen-bond acceptors (Lipinski definition) is 5. The van der Waals surface area contributed by atoms with Gasteiger partial charge in [0.25, 0.3) is 10.0 Å². The third kappa shape index (κ3) is 3.72. The lowest BCUT2D eigenvalue weighted by Gasteiger charge is -2.26. The highest BCUT2D eigenvalue weighted by Crippen LogP contribution is 2.22. The Labute approximate surface area is 123 Å². The Kier molecular flexibility index (Phi) is 4.81. The minimum Gasteiger partial charge on any atom is -0.496 e. The number of carboxylic acids is 1. The van der Waals surface area contributed by atoms with Crippen LogP contribution in [0.5, 0.6) is 5.75 Å². The summed E-state index contributed by atoms with van der Waals surface area (Å²) in [5.74, 6) is -1.11. The summed E-state index contributed by atoms with van der Waals surface area (Å²) in [6.07, 6.45) is 2.96. The molecule has 0 spiro atoms. The molecule has 8 heteroatoms. The summed E-state index contributed by atoms with van der Waals surface area (Å²) >= 11 is 0. The number of rotatable bonds is 5. The summed E-state index contributed by atoms with van der Waals surface area (Å²) in [6, 6.07) is 3.78. The molecule has 0 aromatic heterocycles. The molecule has 0 saturated carbocycles. The normalized spacial score (nSPS) is 16.6. The monoisotopic (exact) mass is 314 g/mol. The zero-order valence-electron chi connectivity index (χ0n) is 11.7. The van der Waals surface area contributed by atoms with Crippen molar-refractivity contribution in [3.05, 3.63) is 23.8 Å². The van der Waals surface area contributed by atoms with Gasteiger partial charge in [0.2, 0.25) is 0 Å². The minimum absolute atomic E-state index is 0.0914. The Morgan fingerprint density at radius 2 is 1.95 bits per heavy atom. The largest absolute Gasteiger partial charge is 0.496 e. The number of methoxy groups -OCH3 is 1. The van der Waals surface area contributed by atoms with Crippen molar-refractivity contribution in [3.8, 4) is 5.75 Å². The molecule has 1 fully saturated rings. The van der Waals surface area contributed by atoms with Crippen molar-refractivity contribution in [2.24, 2.45) is 0 Å². The Morgan fingerprint density at radius 1 is 1.29 bits per heavy atom. The molecule has 2 rings (SSSR count). The first kappa shape index (κ1) is 15.7. The molecule has 1 aliphatic heterocycles. The van der Waals surface area contributed by atoms with E-state index >= 15 is 0 Å². The van der Waals surface area contributed by atoms with Gasteiger partial charge in [-0.1, -0.05) is 6.42 Å². The van der Waals surface area contributed by atoms with Crippen molar-refractivity contribution in [2.75, 3.05) is 20.2 Å². The zero-order valence-corrected chi connectivity index (χ0v) is 12.5. The first-order valence-electron chi connectivity index (χ1n) is 6.63. The van der Waals surface area contributed by atoms with Gasteiger partial charge in [0.05, 0.1) is 12.0 Å². The standard InChI is InChI=1S/C13H18N2O5S/c1-20-12-6-5-10(9-11(12)13(16)17)21(18,19)14-15-7-3-2-4-8-15/h5-6,9,14H,2-4,7-8H2,1H3,(H,16,17). The quantitative estimate of drug-likeness (QED) is 0.844. The average Bonchev–Trinajstić information content (AvgIpc) is 2.47. The number of nitrogens with one attached hydrogen (secondary N) is 1. The third-order valence-electron chi connectivity index (χ3n) is 3.32. The number of ether oxygens (including phenoxy) is 1. The topological polar surface area (TPSA) is 95.9 Å². The van der Waals surface area contributed by atoms with Gasteiger partial charge in [0.15, 0.2) is 0 Å². The van der Waals surface area contributed by atoms with Crippen LogP contribution in [-0.2, 0) is 10.0 Å². The van der Waals surface area contributed by atoms with Crippen molar-refractivity contribution in [1.82, 2.24) is 9.84 Å². The van der Waals surface area contributed by atoms with E-state index in [1.165, 1.54) is 19.2 Å². The predicted octanol–water partition coefficient (Wildman–Crippen LogP) is 1.07. The number of sulfonamides is 1. The Balaban J connectivity index is 2.27. The first-order valence-corrected chi connectivity index (χ1v) is 8.11. The number of carboxylic acid groups (broad SMARTS) is 1. The van der Waals surface area contributed by atoms with Gasteiger partial charge >= 0.3 is 5.97 Å². The maximum atomic E-state index is 12.3. The SMILES string of the molecule is COc1ccc(S(=O)(=O)NN2CCCCC2)cc1C(=O)O. The molecule has 0 radical (unpaired) electrons. The fourth-order valence-corrected chi connectivity index (χ4v) is 3.38. The summed E-state index contributed by atoms with van der Waals surface area (Å²) in [5.41, 5.74) is -0.181. The number of nitrogens with zero attached hydrogens (tertiary/aromatic N) is 1. The van der Waals surface area contributed by atoms with E-state index in [9.17, 15) is 13.2 Å². The van der Waals surface area contributed by atoms with E-state index in [1.807, 2.05) is 0 Å². The second-order valence-electron chi connectivity index (χ2n) is 4.81. The number of aromatic carboxylic acids is 1. The summed E-state index contributed by atoms with van der Waals surface area (Å²) < 4.78 is 29.5. The first-order chi connectivity index (χ1) is 9.94. The van der Waals surface area contributed by atoms with Gasteiger partial charge in [-0.25, -0.2) is 18.2 Å². The van der Waals surface area contributed by atoms with Crippen LogP contribution in [0.1, 0.15) is 29.6 Å². The third-order valence-corrected chi connectivity index (χ3v) is 4.69. The van der Waals surface area contributed by atoms with Crippen molar-refractivity contribution in [2.45, 2.75) is 24.2 Å². The van der Waals surface area contributed by atoms with E-state index in [4.69, 9.17) is 9.84 Å². The van der Waals surface area contributed by atoms with E-state index in [2.05, 4.69) is 4.83 Å². The molecule has 21 heavy (non-hydrogen) atoms. The van der Waals surface area contributed by atoms with Crippen LogP contribution in [0.4, 0.5) is 0 Å². The van der Waals surface area contributed by atoms with Crippen LogP contribution in [0.25, 0.3) is 0 Å². The van der Waals surface area contributed by atoms with E-state index < -0.39 is 16.0 Å². The maximum Gasteiger partial charge on any atom is 0.339 e. The molecule has 1 aromatic carbocycles. The van der Waals surface area contributed by atoms with Crippen LogP contribution < -0.4 is 9.57 Å². The molecule has 0 aliphatic carbocycles. The summed E-state index contributed by atoms with van der Waals surface area (Å²) in [4.78, 5) is 13.5. The molecule has 1 heterocycles. The molecule has 2 N–H and O–H groups in total. The Hall–Kier alpha value is -1.64. The van der Waals surface area contributed by atoms with Crippen LogP contribution in [0.3, 0.4) is 0 Å². The fourth-order valence-electron chi connectivity index (χ4n) is 2.23. The van der Waals surface area contributed by atoms with E-state index in [0.29, 0.717) is 13.1 Å². The summed E-state index contributed by atoms with van der Waals surface area (Å²) in [7, 11) is -2.45. The molecular formula is C13H18N2O5S. The number of hydrogen-bond donors (Lipinski definition) is 2. The smallest absolute Gasteiger partial charge is 0.339 e. The molecule has 1 aliphatic rings. The molecular weight excluding hydrogens is 296 g/mol. The van der Waals surface area contributed by atoms with Crippen molar-refractivity contribution >= 4 is 16.0 Å². The average molecular weight is 314 g/mol. The van der Waals surface area contributed by atoms with Gasteiger partial charge in [-0.15, -0.1) is 4.83 Å². The predicted molar refractivity (Wildman–Crippen MR) is 75.7 cm³/mol. The second kappa shape index (κ2) is 6.42. The molecule has 0 amide bonds. The highest BCUT2D eigenvalue weighted by Gasteiger charge is 2.22. The second-order valence-corrected chi connectivity index (χ2v) is 6.47. The highest BCUT2D eigenvalue weighted by atomic mass is 32.2. The van der Waals surface area contributed by atoms with Crippen LogP contribution in [-0.4, -0.2) is 44.7 Å². The fraction of sp³-hybridized carbons (Fsp3) is 0.462. The van der Waals surface area contributed by atoms with E-state index in [-0.39, 0.29) is 16.2 Å². The molecule has 1 saturated heterocycles. The van der Waals surface area contributed by atoms with E-state index in [0.717, 1.165) is 25.3 Å². The van der Waals surface area contributed by atoms with Crippen LogP contribution in [0.15, 0.2) is 23.1 Å². The molecule has 7 nitrogen and oxygen atoms in total. The Morgan fingerprint density at radius 3 is 2.52 bits per heavy atom. The summed E-state index contributed by atoms with van der Waals surface area (Å²) in [6.45, 7) is 1.31. The number of piperidine rings is 1. The number of carbonyl (C=O) groups is 1.